The summed E-state index contributed by atoms with van der Waals surface area (Å²) in [7, 11) is 0. The second kappa shape index (κ2) is 7.90. The standard InChI is InChI=1S/C18H18F2N2O3S/c1-10-2-5-12(21-16(23)11-3-4-11)8-14(10)22-17(24)15-7-6-13(25-15)9-26-18(19)20/h2,5-8,11,18H,3-4,9H2,1H3,(H,21,23)(H,22,24). The van der Waals surface area contributed by atoms with Crippen LogP contribution in [-0.4, -0.2) is 17.6 Å². The molecule has 0 spiro atoms. The van der Waals surface area contributed by atoms with Crippen molar-refractivity contribution in [1.82, 2.24) is 0 Å². The Balaban J connectivity index is 1.65. The van der Waals surface area contributed by atoms with Gasteiger partial charge in [0, 0.05) is 17.3 Å². The van der Waals surface area contributed by atoms with Gasteiger partial charge in [-0.25, -0.2) is 0 Å². The zero-order valence-electron chi connectivity index (χ0n) is 14.1. The molecule has 0 saturated heterocycles. The number of amides is 2. The van der Waals surface area contributed by atoms with Crippen LogP contribution >= 0.6 is 11.8 Å². The first-order chi connectivity index (χ1) is 12.4. The Morgan fingerprint density at radius 3 is 2.69 bits per heavy atom. The lowest BCUT2D eigenvalue weighted by molar-refractivity contribution is -0.117. The summed E-state index contributed by atoms with van der Waals surface area (Å²) in [4.78, 5) is 24.2. The smallest absolute Gasteiger partial charge is 0.291 e. The Hall–Kier alpha value is -2.35. The zero-order chi connectivity index (χ0) is 18.7. The van der Waals surface area contributed by atoms with Crippen molar-refractivity contribution < 1.29 is 22.8 Å². The van der Waals surface area contributed by atoms with Crippen LogP contribution in [0.3, 0.4) is 0 Å². The van der Waals surface area contributed by atoms with Crippen LogP contribution in [0.15, 0.2) is 34.7 Å². The second-order valence-electron chi connectivity index (χ2n) is 6.08. The quantitative estimate of drug-likeness (QED) is 0.734. The molecule has 0 unspecified atom stereocenters. The fourth-order valence-corrected chi connectivity index (χ4v) is 2.78. The number of nitrogens with one attached hydrogen (secondary N) is 2. The molecule has 0 bridgehead atoms. The van der Waals surface area contributed by atoms with Gasteiger partial charge in [0.25, 0.3) is 11.7 Å². The molecule has 2 N–H and O–H groups in total. The third-order valence-electron chi connectivity index (χ3n) is 3.94. The molecule has 2 amide bonds. The minimum Gasteiger partial charge on any atom is -0.455 e. The molecule has 8 heteroatoms. The number of hydrogen-bond acceptors (Lipinski definition) is 4. The number of rotatable bonds is 7. The van der Waals surface area contributed by atoms with Gasteiger partial charge in [-0.05, 0) is 49.6 Å². The number of carbonyl (C=O) groups excluding carboxylic acids is 2. The molecule has 2 aromatic rings. The SMILES string of the molecule is Cc1ccc(NC(=O)C2CC2)cc1NC(=O)c1ccc(CSC(F)F)o1. The first-order valence-electron chi connectivity index (χ1n) is 8.13. The summed E-state index contributed by atoms with van der Waals surface area (Å²) >= 11 is 0.432. The molecule has 0 radical (unpaired) electrons. The summed E-state index contributed by atoms with van der Waals surface area (Å²) < 4.78 is 29.7. The Bertz CT molecular complexity index is 819. The second-order valence-corrected chi connectivity index (χ2v) is 7.06. The topological polar surface area (TPSA) is 71.3 Å². The molecule has 138 valence electrons. The summed E-state index contributed by atoms with van der Waals surface area (Å²) in [5.41, 5.74) is 1.97. The van der Waals surface area contributed by atoms with Crippen molar-refractivity contribution in [2.75, 3.05) is 10.6 Å². The minimum absolute atomic E-state index is 0.00728. The number of hydrogen-bond donors (Lipinski definition) is 2. The van der Waals surface area contributed by atoms with Crippen molar-refractivity contribution in [3.63, 3.8) is 0 Å². The van der Waals surface area contributed by atoms with Crippen molar-refractivity contribution in [3.05, 3.63) is 47.4 Å². The highest BCUT2D eigenvalue weighted by atomic mass is 32.2. The maximum absolute atomic E-state index is 12.3. The monoisotopic (exact) mass is 380 g/mol. The lowest BCUT2D eigenvalue weighted by Gasteiger charge is -2.11. The third-order valence-corrected chi connectivity index (χ3v) is 4.64. The van der Waals surface area contributed by atoms with Gasteiger partial charge in [0.2, 0.25) is 5.91 Å². The van der Waals surface area contributed by atoms with Gasteiger partial charge in [-0.1, -0.05) is 17.8 Å². The Labute approximate surface area is 153 Å². The van der Waals surface area contributed by atoms with Crippen molar-refractivity contribution in [3.8, 4) is 0 Å². The molecule has 0 atom stereocenters. The largest absolute Gasteiger partial charge is 0.455 e. The lowest BCUT2D eigenvalue weighted by atomic mass is 10.1. The Morgan fingerprint density at radius 2 is 2.00 bits per heavy atom. The van der Waals surface area contributed by atoms with Crippen LogP contribution < -0.4 is 10.6 Å². The molecule has 5 nitrogen and oxygen atoms in total. The van der Waals surface area contributed by atoms with Crippen molar-refractivity contribution in [1.29, 1.82) is 0 Å². The molecular formula is C18H18F2N2O3S. The van der Waals surface area contributed by atoms with Gasteiger partial charge in [0.05, 0.1) is 5.75 Å². The number of benzene rings is 1. The first kappa shape index (κ1) is 18.4. The summed E-state index contributed by atoms with van der Waals surface area (Å²) in [6.45, 7) is 1.83. The van der Waals surface area contributed by atoms with E-state index in [1.165, 1.54) is 12.1 Å². The van der Waals surface area contributed by atoms with E-state index in [4.69, 9.17) is 4.42 Å². The van der Waals surface area contributed by atoms with Crippen LogP contribution in [0, 0.1) is 12.8 Å². The van der Waals surface area contributed by atoms with E-state index < -0.39 is 11.7 Å². The van der Waals surface area contributed by atoms with Crippen molar-refractivity contribution in [2.24, 2.45) is 5.92 Å². The summed E-state index contributed by atoms with van der Waals surface area (Å²) in [5.74, 6) is -2.56. The molecule has 1 fully saturated rings. The molecule has 3 rings (SSSR count). The zero-order valence-corrected chi connectivity index (χ0v) is 14.9. The van der Waals surface area contributed by atoms with Gasteiger partial charge < -0.3 is 15.1 Å². The Morgan fingerprint density at radius 1 is 1.23 bits per heavy atom. The average Bonchev–Trinajstić information content (AvgIpc) is 3.34. The van der Waals surface area contributed by atoms with E-state index in [2.05, 4.69) is 10.6 Å². The van der Waals surface area contributed by atoms with Gasteiger partial charge in [-0.15, -0.1) is 0 Å². The fourth-order valence-electron chi connectivity index (χ4n) is 2.33. The highest BCUT2D eigenvalue weighted by Gasteiger charge is 2.29. The maximum Gasteiger partial charge on any atom is 0.291 e. The van der Waals surface area contributed by atoms with Crippen LogP contribution in [-0.2, 0) is 10.5 Å². The van der Waals surface area contributed by atoms with Crippen molar-refractivity contribution in [2.45, 2.75) is 31.3 Å². The van der Waals surface area contributed by atoms with Crippen LogP contribution in [0.2, 0.25) is 0 Å². The minimum atomic E-state index is -2.49. The van der Waals surface area contributed by atoms with E-state index in [9.17, 15) is 18.4 Å². The normalized spacial score (nSPS) is 13.7. The number of carbonyl (C=O) groups is 2. The Kier molecular flexibility index (Phi) is 5.61. The van der Waals surface area contributed by atoms with Crippen molar-refractivity contribution >= 4 is 35.0 Å². The maximum atomic E-state index is 12.3. The van der Waals surface area contributed by atoms with Gasteiger partial charge in [0.1, 0.15) is 5.76 Å². The molecular weight excluding hydrogens is 362 g/mol. The number of thioether (sulfide) groups is 1. The van der Waals surface area contributed by atoms with Crippen LogP contribution in [0.5, 0.6) is 0 Å². The average molecular weight is 380 g/mol. The molecule has 1 heterocycles. The lowest BCUT2D eigenvalue weighted by Crippen LogP contribution is -2.15. The molecule has 0 aliphatic heterocycles. The van der Waals surface area contributed by atoms with Gasteiger partial charge in [-0.3, -0.25) is 9.59 Å². The first-order valence-corrected chi connectivity index (χ1v) is 9.18. The van der Waals surface area contributed by atoms with E-state index in [1.807, 2.05) is 6.92 Å². The van der Waals surface area contributed by atoms with E-state index in [1.54, 1.807) is 18.2 Å². The van der Waals surface area contributed by atoms with Crippen LogP contribution in [0.4, 0.5) is 20.2 Å². The molecule has 1 aliphatic rings. The molecule has 1 aliphatic carbocycles. The molecule has 26 heavy (non-hydrogen) atoms. The molecule has 1 aromatic heterocycles. The molecule has 1 saturated carbocycles. The summed E-state index contributed by atoms with van der Waals surface area (Å²) in [6.07, 6.45) is 1.82. The number of anilines is 2. The van der Waals surface area contributed by atoms with Gasteiger partial charge in [-0.2, -0.15) is 8.78 Å². The van der Waals surface area contributed by atoms with E-state index in [-0.39, 0.29) is 23.3 Å². The molecule has 1 aromatic carbocycles. The predicted octanol–water partition coefficient (Wildman–Crippen LogP) is 4.64. The van der Waals surface area contributed by atoms with E-state index in [0.717, 1.165) is 18.4 Å². The number of aryl methyl sites for hydroxylation is 1. The number of furan rings is 1. The van der Waals surface area contributed by atoms with Gasteiger partial charge in [0.15, 0.2) is 5.76 Å². The van der Waals surface area contributed by atoms with Gasteiger partial charge >= 0.3 is 0 Å². The highest BCUT2D eigenvalue weighted by Crippen LogP contribution is 2.31. The third kappa shape index (κ3) is 4.85. The summed E-state index contributed by atoms with van der Waals surface area (Å²) in [6, 6.07) is 8.21. The van der Waals surface area contributed by atoms with Crippen LogP contribution in [0.25, 0.3) is 0 Å². The van der Waals surface area contributed by atoms with E-state index in [0.29, 0.717) is 28.9 Å². The number of alkyl halides is 2. The number of halogens is 2. The highest BCUT2D eigenvalue weighted by molar-refractivity contribution is 7.98. The predicted molar refractivity (Wildman–Crippen MR) is 96.5 cm³/mol. The fraction of sp³-hybridized carbons (Fsp3) is 0.333. The summed E-state index contributed by atoms with van der Waals surface area (Å²) in [5, 5.41) is 5.55. The van der Waals surface area contributed by atoms with Crippen LogP contribution in [0.1, 0.15) is 34.7 Å². The van der Waals surface area contributed by atoms with E-state index >= 15 is 0 Å².